The first-order valence-corrected chi connectivity index (χ1v) is 8.47. The number of carbonyl (C=O) groups is 1. The molecule has 1 aromatic heterocycles. The fourth-order valence-electron chi connectivity index (χ4n) is 1.88. The lowest BCUT2D eigenvalue weighted by Gasteiger charge is -2.30. The smallest absolute Gasteiger partial charge is 0.345 e. The van der Waals surface area contributed by atoms with Crippen molar-refractivity contribution in [2.45, 2.75) is 49.8 Å². The molecule has 0 saturated carbocycles. The van der Waals surface area contributed by atoms with Gasteiger partial charge in [0.25, 0.3) is 10.0 Å². The van der Waals surface area contributed by atoms with Crippen LogP contribution >= 0.6 is 11.3 Å². The predicted molar refractivity (Wildman–Crippen MR) is 75.2 cm³/mol. The monoisotopic (exact) mass is 305 g/mol. The van der Waals surface area contributed by atoms with E-state index in [2.05, 4.69) is 4.72 Å². The summed E-state index contributed by atoms with van der Waals surface area (Å²) < 4.78 is 27.3. The summed E-state index contributed by atoms with van der Waals surface area (Å²) >= 11 is 0.770. The lowest BCUT2D eigenvalue weighted by Crippen LogP contribution is -2.46. The summed E-state index contributed by atoms with van der Waals surface area (Å²) in [4.78, 5) is 10.8. The van der Waals surface area contributed by atoms with Crippen molar-refractivity contribution >= 4 is 27.3 Å². The van der Waals surface area contributed by atoms with E-state index in [1.807, 2.05) is 20.8 Å². The highest BCUT2D eigenvalue weighted by Crippen LogP contribution is 2.26. The van der Waals surface area contributed by atoms with Gasteiger partial charge in [-0.25, -0.2) is 17.9 Å². The fourth-order valence-corrected chi connectivity index (χ4v) is 4.64. The number of carboxylic acid groups (broad SMARTS) is 1. The number of hydrogen-bond donors (Lipinski definition) is 2. The Balaban J connectivity index is 3.06. The molecule has 0 aliphatic heterocycles. The summed E-state index contributed by atoms with van der Waals surface area (Å²) in [7, 11) is -3.66. The highest BCUT2D eigenvalue weighted by Gasteiger charge is 2.31. The molecule has 108 valence electrons. The minimum atomic E-state index is -3.66. The zero-order chi connectivity index (χ0) is 14.7. The van der Waals surface area contributed by atoms with Crippen LogP contribution < -0.4 is 4.72 Å². The van der Waals surface area contributed by atoms with Crippen molar-refractivity contribution in [1.29, 1.82) is 0 Å². The topological polar surface area (TPSA) is 83.5 Å². The second-order valence-electron chi connectivity index (χ2n) is 4.37. The minimum absolute atomic E-state index is 0.0236. The molecular weight excluding hydrogens is 286 g/mol. The number of sulfonamides is 1. The van der Waals surface area contributed by atoms with Gasteiger partial charge in [-0.3, -0.25) is 0 Å². The quantitative estimate of drug-likeness (QED) is 0.811. The summed E-state index contributed by atoms with van der Waals surface area (Å²) in [6.07, 6.45) is 2.07. The van der Waals surface area contributed by atoms with Crippen LogP contribution in [0.15, 0.2) is 16.3 Å². The van der Waals surface area contributed by atoms with Gasteiger partial charge in [0.1, 0.15) is 9.09 Å². The van der Waals surface area contributed by atoms with E-state index in [0.717, 1.165) is 11.3 Å². The van der Waals surface area contributed by atoms with E-state index < -0.39 is 21.5 Å². The highest BCUT2D eigenvalue weighted by molar-refractivity contribution is 7.91. The highest BCUT2D eigenvalue weighted by atomic mass is 32.2. The molecule has 0 bridgehead atoms. The van der Waals surface area contributed by atoms with Crippen molar-refractivity contribution in [3.8, 4) is 0 Å². The van der Waals surface area contributed by atoms with Gasteiger partial charge in [-0.2, -0.15) is 0 Å². The Kier molecular flexibility index (Phi) is 5.11. The Morgan fingerprint density at radius 1 is 1.26 bits per heavy atom. The van der Waals surface area contributed by atoms with Crippen molar-refractivity contribution in [2.75, 3.05) is 0 Å². The molecule has 0 atom stereocenters. The first kappa shape index (κ1) is 16.1. The molecule has 0 spiro atoms. The van der Waals surface area contributed by atoms with Gasteiger partial charge in [-0.1, -0.05) is 20.8 Å². The normalized spacial score (nSPS) is 12.6. The van der Waals surface area contributed by atoms with Crippen molar-refractivity contribution in [3.05, 3.63) is 17.0 Å². The molecule has 2 N–H and O–H groups in total. The lowest BCUT2D eigenvalue weighted by molar-refractivity contribution is 0.0702. The molecule has 0 unspecified atom stereocenters. The SMILES string of the molecule is CCC(CC)(CC)NS(=O)(=O)c1ccc(C(=O)O)s1. The Bertz CT molecular complexity index is 536. The van der Waals surface area contributed by atoms with Crippen molar-refractivity contribution in [1.82, 2.24) is 4.72 Å². The van der Waals surface area contributed by atoms with Gasteiger partial charge in [-0.15, -0.1) is 11.3 Å². The Hall–Kier alpha value is -0.920. The molecule has 0 saturated heterocycles. The third-order valence-corrected chi connectivity index (χ3v) is 6.58. The largest absolute Gasteiger partial charge is 0.477 e. The van der Waals surface area contributed by atoms with Gasteiger partial charge in [0.05, 0.1) is 0 Å². The first-order valence-electron chi connectivity index (χ1n) is 6.17. The second-order valence-corrected chi connectivity index (χ2v) is 7.36. The molecule has 0 amide bonds. The van der Waals surface area contributed by atoms with Crippen LogP contribution in [0.5, 0.6) is 0 Å². The van der Waals surface area contributed by atoms with Crippen LogP contribution in [-0.4, -0.2) is 25.0 Å². The molecule has 7 heteroatoms. The molecule has 19 heavy (non-hydrogen) atoms. The lowest BCUT2D eigenvalue weighted by atomic mass is 9.91. The number of thiophene rings is 1. The Labute approximate surface area is 117 Å². The van der Waals surface area contributed by atoms with Crippen molar-refractivity contribution in [3.63, 3.8) is 0 Å². The maximum absolute atomic E-state index is 12.3. The third kappa shape index (κ3) is 3.55. The Morgan fingerprint density at radius 3 is 2.16 bits per heavy atom. The van der Waals surface area contributed by atoms with Crippen LogP contribution in [0.1, 0.15) is 49.7 Å². The molecule has 1 rings (SSSR count). The number of carboxylic acids is 1. The molecule has 0 aromatic carbocycles. The van der Waals surface area contributed by atoms with Gasteiger partial charge < -0.3 is 5.11 Å². The zero-order valence-electron chi connectivity index (χ0n) is 11.3. The number of aromatic carboxylic acids is 1. The molecule has 0 fully saturated rings. The van der Waals surface area contributed by atoms with E-state index in [-0.39, 0.29) is 9.09 Å². The number of nitrogens with one attached hydrogen (secondary N) is 1. The van der Waals surface area contributed by atoms with Crippen LogP contribution in [0.4, 0.5) is 0 Å². The van der Waals surface area contributed by atoms with Crippen LogP contribution in [0.2, 0.25) is 0 Å². The minimum Gasteiger partial charge on any atom is -0.477 e. The molecule has 0 radical (unpaired) electrons. The van der Waals surface area contributed by atoms with Crippen LogP contribution in [0.25, 0.3) is 0 Å². The van der Waals surface area contributed by atoms with E-state index in [1.54, 1.807) is 0 Å². The third-order valence-electron chi connectivity index (χ3n) is 3.44. The Morgan fingerprint density at radius 2 is 1.79 bits per heavy atom. The fraction of sp³-hybridized carbons (Fsp3) is 0.583. The summed E-state index contributed by atoms with van der Waals surface area (Å²) in [6.45, 7) is 5.81. The van der Waals surface area contributed by atoms with Crippen LogP contribution in [0.3, 0.4) is 0 Å². The molecule has 0 aliphatic rings. The number of rotatable bonds is 7. The predicted octanol–water partition coefficient (Wildman–Crippen LogP) is 2.69. The number of hydrogen-bond acceptors (Lipinski definition) is 4. The van der Waals surface area contributed by atoms with Gasteiger partial charge in [0.2, 0.25) is 0 Å². The molecule has 0 aliphatic carbocycles. The van der Waals surface area contributed by atoms with Crippen LogP contribution in [-0.2, 0) is 10.0 Å². The van der Waals surface area contributed by atoms with Gasteiger partial charge in [-0.05, 0) is 31.4 Å². The molecule has 5 nitrogen and oxygen atoms in total. The van der Waals surface area contributed by atoms with E-state index in [4.69, 9.17) is 5.11 Å². The van der Waals surface area contributed by atoms with Gasteiger partial charge in [0.15, 0.2) is 0 Å². The molecule has 1 heterocycles. The van der Waals surface area contributed by atoms with Crippen molar-refractivity contribution in [2.24, 2.45) is 0 Å². The van der Waals surface area contributed by atoms with Crippen molar-refractivity contribution < 1.29 is 18.3 Å². The van der Waals surface area contributed by atoms with Crippen LogP contribution in [0, 0.1) is 0 Å². The van der Waals surface area contributed by atoms with Gasteiger partial charge in [0, 0.05) is 5.54 Å². The maximum Gasteiger partial charge on any atom is 0.345 e. The molecular formula is C12H19NO4S2. The van der Waals surface area contributed by atoms with Gasteiger partial charge >= 0.3 is 5.97 Å². The first-order chi connectivity index (χ1) is 8.80. The second kappa shape index (κ2) is 6.02. The summed E-state index contributed by atoms with van der Waals surface area (Å²) in [5, 5.41) is 8.83. The van der Waals surface area contributed by atoms with E-state index in [9.17, 15) is 13.2 Å². The summed E-state index contributed by atoms with van der Waals surface area (Å²) in [6, 6.07) is 2.65. The summed E-state index contributed by atoms with van der Waals surface area (Å²) in [5.41, 5.74) is -0.466. The maximum atomic E-state index is 12.3. The average molecular weight is 305 g/mol. The summed E-state index contributed by atoms with van der Waals surface area (Å²) in [5.74, 6) is -1.11. The standard InChI is InChI=1S/C12H19NO4S2/c1-4-12(5-2,6-3)13-19(16,17)10-8-7-9(18-10)11(14)15/h7-8,13H,4-6H2,1-3H3,(H,14,15). The van der Waals surface area contributed by atoms with E-state index in [1.165, 1.54) is 12.1 Å². The molecule has 1 aromatic rings. The average Bonchev–Trinajstić information content (AvgIpc) is 2.86. The van der Waals surface area contributed by atoms with E-state index in [0.29, 0.717) is 19.3 Å². The van der Waals surface area contributed by atoms with E-state index >= 15 is 0 Å². The zero-order valence-corrected chi connectivity index (χ0v) is 12.9.